The van der Waals surface area contributed by atoms with Crippen LogP contribution < -0.4 is 10.6 Å². The van der Waals surface area contributed by atoms with Crippen molar-refractivity contribution in [2.24, 2.45) is 0 Å². The number of benzene rings is 1. The van der Waals surface area contributed by atoms with E-state index in [2.05, 4.69) is 20.6 Å². The van der Waals surface area contributed by atoms with Crippen LogP contribution in [0.3, 0.4) is 0 Å². The molecule has 0 aliphatic carbocycles. The normalized spacial score (nSPS) is 11.8. The number of hydrogen-bond acceptors (Lipinski definition) is 5. The number of rotatable bonds is 6. The van der Waals surface area contributed by atoms with Gasteiger partial charge in [-0.25, -0.2) is 4.39 Å². The van der Waals surface area contributed by atoms with Crippen molar-refractivity contribution < 1.29 is 14.3 Å². The third kappa shape index (κ3) is 5.07. The predicted molar refractivity (Wildman–Crippen MR) is 111 cm³/mol. The molecule has 0 radical (unpaired) electrons. The van der Waals surface area contributed by atoms with Crippen LogP contribution in [0.25, 0.3) is 11.3 Å². The number of pyridine rings is 2. The summed E-state index contributed by atoms with van der Waals surface area (Å²) in [5.41, 5.74) is 3.00. The molecule has 0 aliphatic heterocycles. The molecule has 29 heavy (non-hydrogen) atoms. The highest BCUT2D eigenvalue weighted by Crippen LogP contribution is 2.29. The molecule has 1 aromatic carbocycles. The Morgan fingerprint density at radius 3 is 2.79 bits per heavy atom. The molecule has 6 nitrogen and oxygen atoms in total. The van der Waals surface area contributed by atoms with Crippen LogP contribution in [-0.4, -0.2) is 33.6 Å². The number of aliphatic hydroxyl groups excluding tert-OH is 1. The monoisotopic (exact) mass is 414 g/mol. The van der Waals surface area contributed by atoms with E-state index in [0.717, 1.165) is 5.56 Å². The van der Waals surface area contributed by atoms with Crippen LogP contribution in [0.5, 0.6) is 0 Å². The molecule has 2 heterocycles. The number of anilines is 2. The number of aromatic nitrogens is 2. The maximum atomic E-state index is 14.2. The number of aryl methyl sites for hydroxylation is 1. The maximum Gasteiger partial charge on any atom is 0.255 e. The van der Waals surface area contributed by atoms with Gasteiger partial charge in [0.05, 0.1) is 23.0 Å². The molecule has 3 N–H and O–H groups in total. The summed E-state index contributed by atoms with van der Waals surface area (Å²) < 4.78 is 14.2. The number of carbonyl (C=O) groups excluding carboxylic acids is 1. The third-order valence-electron chi connectivity index (χ3n) is 4.20. The van der Waals surface area contributed by atoms with Crippen LogP contribution in [0.2, 0.25) is 5.02 Å². The van der Waals surface area contributed by atoms with Crippen LogP contribution in [0.1, 0.15) is 22.8 Å². The lowest BCUT2D eigenvalue weighted by Crippen LogP contribution is -2.31. The molecular formula is C21H20ClFN4O2. The van der Waals surface area contributed by atoms with E-state index in [9.17, 15) is 14.3 Å². The fraction of sp³-hybridized carbons (Fsp3) is 0.190. The van der Waals surface area contributed by atoms with Crippen molar-refractivity contribution in [3.63, 3.8) is 0 Å². The second-order valence-electron chi connectivity index (χ2n) is 6.61. The molecule has 150 valence electrons. The highest BCUT2D eigenvalue weighted by Gasteiger charge is 2.15. The Bertz CT molecular complexity index is 1040. The van der Waals surface area contributed by atoms with Crippen molar-refractivity contribution in [2.45, 2.75) is 20.0 Å². The Morgan fingerprint density at radius 2 is 2.03 bits per heavy atom. The minimum absolute atomic E-state index is 0.125. The number of nitrogens with one attached hydrogen (secondary N) is 2. The zero-order valence-electron chi connectivity index (χ0n) is 15.9. The van der Waals surface area contributed by atoms with Crippen LogP contribution in [-0.2, 0) is 0 Å². The Labute approximate surface area is 172 Å². The van der Waals surface area contributed by atoms with Gasteiger partial charge in [0.1, 0.15) is 5.82 Å². The Balaban J connectivity index is 1.93. The van der Waals surface area contributed by atoms with Gasteiger partial charge >= 0.3 is 0 Å². The lowest BCUT2D eigenvalue weighted by molar-refractivity contribution is 0.0924. The van der Waals surface area contributed by atoms with Gasteiger partial charge in [0.25, 0.3) is 5.91 Å². The first kappa shape index (κ1) is 20.7. The van der Waals surface area contributed by atoms with E-state index in [1.165, 1.54) is 24.4 Å². The molecule has 1 unspecified atom stereocenters. The van der Waals surface area contributed by atoms with Crippen molar-refractivity contribution in [1.29, 1.82) is 0 Å². The summed E-state index contributed by atoms with van der Waals surface area (Å²) in [7, 11) is 0. The van der Waals surface area contributed by atoms with Crippen LogP contribution in [0.15, 0.2) is 48.9 Å². The molecule has 8 heteroatoms. The average Bonchev–Trinajstić information content (AvgIpc) is 2.70. The van der Waals surface area contributed by atoms with Crippen molar-refractivity contribution in [1.82, 2.24) is 15.3 Å². The van der Waals surface area contributed by atoms with Gasteiger partial charge in [-0.3, -0.25) is 14.8 Å². The van der Waals surface area contributed by atoms with E-state index in [1.807, 2.05) is 6.92 Å². The van der Waals surface area contributed by atoms with Gasteiger partial charge in [0.15, 0.2) is 0 Å². The van der Waals surface area contributed by atoms with Gasteiger partial charge < -0.3 is 15.7 Å². The highest BCUT2D eigenvalue weighted by atomic mass is 35.5. The Hall–Kier alpha value is -3.03. The van der Waals surface area contributed by atoms with Gasteiger partial charge in [0.2, 0.25) is 0 Å². The average molecular weight is 415 g/mol. The fourth-order valence-corrected chi connectivity index (χ4v) is 2.84. The van der Waals surface area contributed by atoms with Gasteiger partial charge in [-0.2, -0.15) is 0 Å². The summed E-state index contributed by atoms with van der Waals surface area (Å²) >= 11 is 6.00. The van der Waals surface area contributed by atoms with E-state index in [1.54, 1.807) is 31.5 Å². The summed E-state index contributed by atoms with van der Waals surface area (Å²) in [6.45, 7) is 3.56. The Kier molecular flexibility index (Phi) is 6.41. The quantitative estimate of drug-likeness (QED) is 0.565. The fourth-order valence-electron chi connectivity index (χ4n) is 2.66. The molecule has 0 spiro atoms. The third-order valence-corrected chi connectivity index (χ3v) is 4.44. The van der Waals surface area contributed by atoms with E-state index in [-0.39, 0.29) is 18.0 Å². The lowest BCUT2D eigenvalue weighted by atomic mass is 10.1. The summed E-state index contributed by atoms with van der Waals surface area (Å²) in [4.78, 5) is 20.7. The summed E-state index contributed by atoms with van der Waals surface area (Å²) in [5, 5.41) is 15.6. The second kappa shape index (κ2) is 8.98. The van der Waals surface area contributed by atoms with Crippen molar-refractivity contribution in [2.75, 3.05) is 11.9 Å². The van der Waals surface area contributed by atoms with E-state index in [4.69, 9.17) is 11.6 Å². The summed E-state index contributed by atoms with van der Waals surface area (Å²) in [6, 6.07) is 7.64. The molecule has 0 bridgehead atoms. The minimum atomic E-state index is -0.662. The van der Waals surface area contributed by atoms with Crippen molar-refractivity contribution in [3.05, 3.63) is 70.9 Å². The van der Waals surface area contributed by atoms with Crippen LogP contribution >= 0.6 is 11.6 Å². The molecule has 0 saturated carbocycles. The largest absolute Gasteiger partial charge is 0.392 e. The molecule has 0 fully saturated rings. The lowest BCUT2D eigenvalue weighted by Gasteiger charge is -2.15. The molecular weight excluding hydrogens is 395 g/mol. The summed E-state index contributed by atoms with van der Waals surface area (Å²) in [6.07, 6.45) is 3.95. The van der Waals surface area contributed by atoms with E-state index < -0.39 is 11.9 Å². The van der Waals surface area contributed by atoms with E-state index >= 15 is 0 Å². The first-order chi connectivity index (χ1) is 13.8. The summed E-state index contributed by atoms with van der Waals surface area (Å²) in [5.74, 6) is -0.798. The standard InChI is InChI=1S/C21H20ClFN4O2/c1-12-9-25-20(15-7-14(22)3-4-17(15)23)8-19(12)27-18-5-6-24-11-16(18)21(29)26-10-13(2)28/h3-9,11,13,28H,10H2,1-2H3,(H,26,29)(H,24,25,27). The maximum absolute atomic E-state index is 14.2. The molecule has 2 aromatic heterocycles. The first-order valence-corrected chi connectivity index (χ1v) is 9.32. The first-order valence-electron chi connectivity index (χ1n) is 8.94. The second-order valence-corrected chi connectivity index (χ2v) is 7.05. The number of halogens is 2. The van der Waals surface area contributed by atoms with Crippen LogP contribution in [0.4, 0.5) is 15.8 Å². The van der Waals surface area contributed by atoms with Crippen molar-refractivity contribution in [3.8, 4) is 11.3 Å². The molecule has 3 rings (SSSR count). The smallest absolute Gasteiger partial charge is 0.255 e. The minimum Gasteiger partial charge on any atom is -0.392 e. The number of carbonyl (C=O) groups is 1. The molecule has 0 aliphatic rings. The zero-order valence-corrected chi connectivity index (χ0v) is 16.7. The van der Waals surface area contributed by atoms with Gasteiger partial charge in [0, 0.05) is 41.4 Å². The van der Waals surface area contributed by atoms with Gasteiger partial charge in [-0.1, -0.05) is 11.6 Å². The van der Waals surface area contributed by atoms with E-state index in [0.29, 0.717) is 27.7 Å². The number of hydrogen-bond donors (Lipinski definition) is 3. The van der Waals surface area contributed by atoms with Crippen LogP contribution in [0, 0.1) is 12.7 Å². The SMILES string of the molecule is Cc1cnc(-c2cc(Cl)ccc2F)cc1Nc1ccncc1C(=O)NCC(C)O. The number of aliphatic hydroxyl groups is 1. The highest BCUT2D eigenvalue weighted by molar-refractivity contribution is 6.30. The topological polar surface area (TPSA) is 87.1 Å². The van der Waals surface area contributed by atoms with Gasteiger partial charge in [-0.15, -0.1) is 0 Å². The molecule has 3 aromatic rings. The molecule has 1 atom stereocenters. The number of nitrogens with zero attached hydrogens (tertiary/aromatic N) is 2. The molecule has 1 amide bonds. The zero-order chi connectivity index (χ0) is 21.0. The van der Waals surface area contributed by atoms with Crippen molar-refractivity contribution >= 4 is 28.9 Å². The molecule has 0 saturated heterocycles. The predicted octanol–water partition coefficient (Wildman–Crippen LogP) is 4.10. The number of amides is 1. The Morgan fingerprint density at radius 1 is 1.24 bits per heavy atom. The van der Waals surface area contributed by atoms with Gasteiger partial charge in [-0.05, 0) is 49.7 Å².